The first-order valence-corrected chi connectivity index (χ1v) is 13.8. The van der Waals surface area contributed by atoms with E-state index < -0.39 is 53.8 Å². The first kappa shape index (κ1) is 34.2. The highest BCUT2D eigenvalue weighted by molar-refractivity contribution is 5.94. The van der Waals surface area contributed by atoms with Crippen LogP contribution in [0.4, 0.5) is 0 Å². The van der Waals surface area contributed by atoms with Gasteiger partial charge in [-0.3, -0.25) is 24.2 Å². The van der Waals surface area contributed by atoms with Crippen LogP contribution in [0.25, 0.3) is 0 Å². The van der Waals surface area contributed by atoms with Crippen LogP contribution in [0.1, 0.15) is 36.8 Å². The van der Waals surface area contributed by atoms with E-state index in [0.717, 1.165) is 11.1 Å². The molecule has 2 rings (SSSR count). The van der Waals surface area contributed by atoms with Gasteiger partial charge in [0.25, 0.3) is 0 Å². The van der Waals surface area contributed by atoms with Crippen LogP contribution in [0.2, 0.25) is 0 Å². The van der Waals surface area contributed by atoms with Crippen molar-refractivity contribution in [1.82, 2.24) is 16.0 Å². The van der Waals surface area contributed by atoms with Gasteiger partial charge in [-0.05, 0) is 36.8 Å². The second-order valence-corrected chi connectivity index (χ2v) is 9.96. The fourth-order valence-corrected chi connectivity index (χ4v) is 4.16. The summed E-state index contributed by atoms with van der Waals surface area (Å²) in [5.41, 5.74) is 23.5. The Kier molecular flexibility index (Phi) is 14.1. The van der Waals surface area contributed by atoms with Crippen LogP contribution in [0, 0.1) is 0 Å². The average Bonchev–Trinajstić information content (AvgIpc) is 2.96. The molecule has 0 aliphatic rings. The lowest BCUT2D eigenvalue weighted by molar-refractivity contribution is -0.142. The van der Waals surface area contributed by atoms with Gasteiger partial charge in [0.2, 0.25) is 23.6 Å². The van der Waals surface area contributed by atoms with E-state index >= 15 is 0 Å². The minimum Gasteiger partial charge on any atom is -0.480 e. The number of nitrogens with one attached hydrogen (secondary N) is 3. The van der Waals surface area contributed by atoms with E-state index in [1.807, 2.05) is 30.3 Å². The van der Waals surface area contributed by atoms with Crippen LogP contribution in [0.15, 0.2) is 65.7 Å². The number of primary amides is 1. The highest BCUT2D eigenvalue weighted by atomic mass is 16.4. The Hall–Kier alpha value is -4.98. The molecule has 2 aromatic carbocycles. The number of carboxylic acid groups (broad SMARTS) is 1. The predicted molar refractivity (Wildman–Crippen MR) is 160 cm³/mol. The number of rotatable bonds is 18. The molecule has 0 saturated heterocycles. The number of aliphatic carboxylic acids is 1. The van der Waals surface area contributed by atoms with Crippen molar-refractivity contribution in [3.8, 4) is 0 Å². The maximum absolute atomic E-state index is 13.5. The number of nitrogens with two attached hydrogens (primary N) is 4. The van der Waals surface area contributed by atoms with E-state index in [1.54, 1.807) is 30.3 Å². The molecule has 4 amide bonds. The molecule has 14 nitrogen and oxygen atoms in total. The molecular weight excluding hydrogens is 556 g/mol. The van der Waals surface area contributed by atoms with E-state index in [4.69, 9.17) is 22.9 Å². The van der Waals surface area contributed by atoms with Gasteiger partial charge >= 0.3 is 5.97 Å². The number of hydrogen-bond donors (Lipinski definition) is 8. The minimum atomic E-state index is -1.33. The summed E-state index contributed by atoms with van der Waals surface area (Å²) in [6, 6.07) is 13.3. The number of amides is 4. The van der Waals surface area contributed by atoms with Gasteiger partial charge in [-0.15, -0.1) is 0 Å². The molecule has 0 bridgehead atoms. The quantitative estimate of drug-likeness (QED) is 0.0574. The molecule has 43 heavy (non-hydrogen) atoms. The fourth-order valence-electron chi connectivity index (χ4n) is 4.16. The van der Waals surface area contributed by atoms with Gasteiger partial charge in [0, 0.05) is 19.4 Å². The number of nitrogens with zero attached hydrogens (tertiary/aromatic N) is 1. The van der Waals surface area contributed by atoms with E-state index in [1.165, 1.54) is 0 Å². The minimum absolute atomic E-state index is 0.000329. The molecule has 232 valence electrons. The lowest BCUT2D eigenvalue weighted by atomic mass is 10.0. The molecule has 2 aromatic rings. The number of carbonyl (C=O) groups excluding carboxylic acids is 4. The molecule has 0 radical (unpaired) electrons. The average molecular weight is 597 g/mol. The Morgan fingerprint density at radius 2 is 1.21 bits per heavy atom. The molecule has 0 aliphatic heterocycles. The summed E-state index contributed by atoms with van der Waals surface area (Å²) < 4.78 is 0. The van der Waals surface area contributed by atoms with Gasteiger partial charge in [0.1, 0.15) is 18.1 Å². The Labute approximate surface area is 249 Å². The molecule has 0 aromatic heterocycles. The number of carbonyl (C=O) groups is 5. The van der Waals surface area contributed by atoms with Crippen molar-refractivity contribution in [3.63, 3.8) is 0 Å². The molecule has 4 unspecified atom stereocenters. The number of benzene rings is 2. The van der Waals surface area contributed by atoms with Gasteiger partial charge in [0.05, 0.1) is 6.04 Å². The van der Waals surface area contributed by atoms with Crippen molar-refractivity contribution in [2.24, 2.45) is 27.9 Å². The Balaban J connectivity index is 2.20. The topological polar surface area (TPSA) is 258 Å². The van der Waals surface area contributed by atoms with Crippen molar-refractivity contribution in [2.45, 2.75) is 62.7 Å². The summed E-state index contributed by atoms with van der Waals surface area (Å²) >= 11 is 0. The number of carboxylic acids is 1. The Morgan fingerprint density at radius 3 is 1.74 bits per heavy atom. The normalized spacial score (nSPS) is 13.4. The molecule has 0 spiro atoms. The van der Waals surface area contributed by atoms with E-state index in [0.29, 0.717) is 0 Å². The van der Waals surface area contributed by atoms with Gasteiger partial charge in [-0.1, -0.05) is 60.7 Å². The van der Waals surface area contributed by atoms with Crippen LogP contribution in [0.5, 0.6) is 0 Å². The third-order valence-corrected chi connectivity index (χ3v) is 6.42. The molecule has 0 fully saturated rings. The first-order chi connectivity index (χ1) is 20.5. The molecule has 4 atom stereocenters. The van der Waals surface area contributed by atoms with Crippen LogP contribution in [-0.2, 0) is 36.8 Å². The van der Waals surface area contributed by atoms with Gasteiger partial charge < -0.3 is 44.0 Å². The maximum atomic E-state index is 13.5. The zero-order valence-corrected chi connectivity index (χ0v) is 23.8. The molecule has 14 heteroatoms. The Morgan fingerprint density at radius 1 is 0.698 bits per heavy atom. The zero-order valence-electron chi connectivity index (χ0n) is 23.8. The predicted octanol–water partition coefficient (Wildman–Crippen LogP) is -1.34. The molecule has 0 heterocycles. The maximum Gasteiger partial charge on any atom is 0.326 e. The van der Waals surface area contributed by atoms with Crippen molar-refractivity contribution < 1.29 is 29.1 Å². The number of guanidine groups is 1. The van der Waals surface area contributed by atoms with Crippen molar-refractivity contribution >= 4 is 35.6 Å². The molecule has 0 saturated carbocycles. The summed E-state index contributed by atoms with van der Waals surface area (Å²) in [6.45, 7) is 0.150. The van der Waals surface area contributed by atoms with Gasteiger partial charge in [-0.25, -0.2) is 4.79 Å². The van der Waals surface area contributed by atoms with Crippen LogP contribution < -0.4 is 38.9 Å². The smallest absolute Gasteiger partial charge is 0.326 e. The van der Waals surface area contributed by atoms with Crippen LogP contribution in [0.3, 0.4) is 0 Å². The largest absolute Gasteiger partial charge is 0.480 e. The highest BCUT2D eigenvalue weighted by Crippen LogP contribution is 2.08. The van der Waals surface area contributed by atoms with Crippen molar-refractivity contribution in [3.05, 3.63) is 71.8 Å². The zero-order chi connectivity index (χ0) is 31.8. The summed E-state index contributed by atoms with van der Waals surface area (Å²) in [5.74, 6) is -4.32. The fraction of sp³-hybridized carbons (Fsp3) is 0.379. The number of aliphatic imine (C=N–C) groups is 1. The van der Waals surface area contributed by atoms with Gasteiger partial charge in [0.15, 0.2) is 5.96 Å². The van der Waals surface area contributed by atoms with E-state index in [9.17, 15) is 29.1 Å². The van der Waals surface area contributed by atoms with Crippen LogP contribution >= 0.6 is 0 Å². The van der Waals surface area contributed by atoms with E-state index in [-0.39, 0.29) is 51.0 Å². The summed E-state index contributed by atoms with van der Waals surface area (Å²) in [5, 5.41) is 17.2. The molecule has 0 aliphatic carbocycles. The third kappa shape index (κ3) is 13.0. The van der Waals surface area contributed by atoms with Gasteiger partial charge in [-0.2, -0.15) is 0 Å². The second kappa shape index (κ2) is 17.7. The Bertz CT molecular complexity index is 1250. The second-order valence-electron chi connectivity index (χ2n) is 9.96. The lowest BCUT2D eigenvalue weighted by Crippen LogP contribution is -2.57. The van der Waals surface area contributed by atoms with Crippen molar-refractivity contribution in [1.29, 1.82) is 0 Å². The monoisotopic (exact) mass is 596 g/mol. The van der Waals surface area contributed by atoms with Crippen molar-refractivity contribution in [2.75, 3.05) is 6.54 Å². The molecule has 12 N–H and O–H groups in total. The standard InChI is InChI=1S/C29H40N8O6/c30-20(16-18-8-3-1-4-9-18)25(39)37-23(17-19-10-5-2-6-11-19)27(41)35-21(13-14-24(31)38)26(40)36-22(28(42)43)12-7-15-34-29(32)33/h1-6,8-11,20-23H,7,12-17,30H2,(H2,31,38)(H,35,41)(H,36,40)(H,37,39)(H,42,43)(H4,32,33,34). The first-order valence-electron chi connectivity index (χ1n) is 13.8. The summed E-state index contributed by atoms with van der Waals surface area (Å²) in [7, 11) is 0. The summed E-state index contributed by atoms with van der Waals surface area (Å²) in [6.07, 6.45) is 0.0894. The third-order valence-electron chi connectivity index (χ3n) is 6.42. The molecular formula is C29H40N8O6. The SMILES string of the molecule is NC(=O)CCC(NC(=O)C(Cc1ccccc1)NC(=O)C(N)Cc1ccccc1)C(=O)NC(CCCN=C(N)N)C(=O)O. The van der Waals surface area contributed by atoms with E-state index in [2.05, 4.69) is 20.9 Å². The lowest BCUT2D eigenvalue weighted by Gasteiger charge is -2.25. The summed E-state index contributed by atoms with van der Waals surface area (Å²) in [4.78, 5) is 66.7. The number of hydrogen-bond acceptors (Lipinski definition) is 7. The van der Waals surface area contributed by atoms with Crippen LogP contribution in [-0.4, -0.2) is 71.4 Å². The highest BCUT2D eigenvalue weighted by Gasteiger charge is 2.30.